The third kappa shape index (κ3) is 2.26. The lowest BCUT2D eigenvalue weighted by atomic mass is 10.1. The van der Waals surface area contributed by atoms with Crippen molar-refractivity contribution in [2.45, 2.75) is 19.9 Å². The molecule has 0 aliphatic carbocycles. The minimum atomic E-state index is -0.306. The molecule has 0 unspecified atom stereocenters. The molecule has 0 saturated heterocycles. The number of carbonyl (C=O) groups excluding carboxylic acids is 1. The van der Waals surface area contributed by atoms with Crippen molar-refractivity contribution in [1.29, 1.82) is 0 Å². The number of hydrogen-bond acceptors (Lipinski definition) is 3. The number of pyridine rings is 1. The summed E-state index contributed by atoms with van der Waals surface area (Å²) in [4.78, 5) is 23.1. The van der Waals surface area contributed by atoms with Crippen LogP contribution in [0, 0.1) is 0 Å². The Kier molecular flexibility index (Phi) is 3.43. The maximum Gasteiger partial charge on any atom is 0.253 e. The van der Waals surface area contributed by atoms with Crippen molar-refractivity contribution < 1.29 is 4.79 Å². The molecule has 1 aromatic heterocycles. The minimum absolute atomic E-state index is 0.0373. The molecule has 1 aromatic carbocycles. The van der Waals surface area contributed by atoms with E-state index in [1.165, 1.54) is 6.07 Å². The van der Waals surface area contributed by atoms with Gasteiger partial charge >= 0.3 is 0 Å². The Morgan fingerprint density at radius 2 is 2.17 bits per heavy atom. The van der Waals surface area contributed by atoms with Crippen molar-refractivity contribution in [1.82, 2.24) is 9.99 Å². The lowest BCUT2D eigenvalue weighted by Crippen LogP contribution is -2.33. The largest absolute Gasteiger partial charge is 0.338 e. The highest BCUT2D eigenvalue weighted by Gasteiger charge is 2.06. The molecular weight excluding hydrogens is 230 g/mol. The van der Waals surface area contributed by atoms with E-state index in [1.54, 1.807) is 10.8 Å². The number of aromatic nitrogens is 1. The molecule has 0 radical (unpaired) electrons. The second-order valence-electron chi connectivity index (χ2n) is 4.08. The highest BCUT2D eigenvalue weighted by molar-refractivity contribution is 5.82. The van der Waals surface area contributed by atoms with Crippen LogP contribution in [0.4, 0.5) is 0 Å². The summed E-state index contributed by atoms with van der Waals surface area (Å²) in [7, 11) is 0. The number of hydrogen-bond donors (Lipinski definition) is 2. The Balaban J connectivity index is 2.59. The van der Waals surface area contributed by atoms with E-state index < -0.39 is 0 Å². The maximum absolute atomic E-state index is 11.8. The number of carbonyl (C=O) groups is 1. The van der Waals surface area contributed by atoms with Gasteiger partial charge in [-0.15, -0.1) is 0 Å². The van der Waals surface area contributed by atoms with Crippen LogP contribution in [0.5, 0.6) is 0 Å². The number of nitrogens with one attached hydrogen (secondary N) is 1. The molecule has 0 aliphatic rings. The first-order valence-electron chi connectivity index (χ1n) is 5.77. The fraction of sp³-hybridized carbons (Fsp3) is 0.231. The lowest BCUT2D eigenvalue weighted by Gasteiger charge is -2.10. The fourth-order valence-electron chi connectivity index (χ4n) is 1.92. The van der Waals surface area contributed by atoms with E-state index in [-0.39, 0.29) is 17.9 Å². The molecule has 94 valence electrons. The van der Waals surface area contributed by atoms with Crippen molar-refractivity contribution >= 4 is 16.8 Å². The first kappa shape index (κ1) is 12.3. The number of nitrogens with zero attached hydrogens (tertiary/aromatic N) is 1. The van der Waals surface area contributed by atoms with Crippen LogP contribution in [-0.2, 0) is 17.8 Å². The second-order valence-corrected chi connectivity index (χ2v) is 4.08. The molecule has 2 aromatic rings. The molecular formula is C13H15N3O2. The SMILES string of the molecule is CCc1ccc2c(c1)c(=O)ccn2CC(=O)NN. The van der Waals surface area contributed by atoms with E-state index in [0.29, 0.717) is 5.39 Å². The summed E-state index contributed by atoms with van der Waals surface area (Å²) in [6.07, 6.45) is 2.47. The quantitative estimate of drug-likeness (QED) is 0.471. The maximum atomic E-state index is 11.8. The zero-order valence-corrected chi connectivity index (χ0v) is 10.1. The van der Waals surface area contributed by atoms with Gasteiger partial charge in [0.25, 0.3) is 5.91 Å². The molecule has 0 atom stereocenters. The molecule has 1 heterocycles. The van der Waals surface area contributed by atoms with Gasteiger partial charge in [0.15, 0.2) is 5.43 Å². The number of fused-ring (bicyclic) bond motifs is 1. The third-order valence-corrected chi connectivity index (χ3v) is 2.92. The summed E-state index contributed by atoms with van der Waals surface area (Å²) >= 11 is 0. The van der Waals surface area contributed by atoms with Gasteiger partial charge in [-0.2, -0.15) is 0 Å². The van der Waals surface area contributed by atoms with E-state index in [1.807, 2.05) is 25.1 Å². The highest BCUT2D eigenvalue weighted by Crippen LogP contribution is 2.13. The van der Waals surface area contributed by atoms with Gasteiger partial charge in [0, 0.05) is 17.6 Å². The lowest BCUT2D eigenvalue weighted by molar-refractivity contribution is -0.121. The number of rotatable bonds is 3. The summed E-state index contributed by atoms with van der Waals surface area (Å²) in [5.74, 6) is 4.76. The van der Waals surface area contributed by atoms with Crippen LogP contribution in [0.1, 0.15) is 12.5 Å². The Bertz CT molecular complexity index is 646. The van der Waals surface area contributed by atoms with Crippen LogP contribution in [0.15, 0.2) is 35.3 Å². The zero-order valence-electron chi connectivity index (χ0n) is 10.1. The number of nitrogens with two attached hydrogens (primary N) is 1. The second kappa shape index (κ2) is 5.01. The monoisotopic (exact) mass is 245 g/mol. The molecule has 0 saturated carbocycles. The van der Waals surface area contributed by atoms with Gasteiger partial charge in [-0.1, -0.05) is 13.0 Å². The Hall–Kier alpha value is -2.14. The molecule has 5 heteroatoms. The van der Waals surface area contributed by atoms with Crippen LogP contribution < -0.4 is 16.7 Å². The van der Waals surface area contributed by atoms with Gasteiger partial charge in [0.1, 0.15) is 6.54 Å². The molecule has 2 rings (SSSR count). The van der Waals surface area contributed by atoms with Crippen LogP contribution in [0.25, 0.3) is 10.9 Å². The molecule has 0 aliphatic heterocycles. The van der Waals surface area contributed by atoms with Crippen molar-refractivity contribution in [2.24, 2.45) is 5.84 Å². The van der Waals surface area contributed by atoms with E-state index >= 15 is 0 Å². The van der Waals surface area contributed by atoms with E-state index in [0.717, 1.165) is 17.5 Å². The topological polar surface area (TPSA) is 77.1 Å². The fourth-order valence-corrected chi connectivity index (χ4v) is 1.92. The van der Waals surface area contributed by atoms with Crippen molar-refractivity contribution in [3.05, 3.63) is 46.2 Å². The average molecular weight is 245 g/mol. The van der Waals surface area contributed by atoms with Crippen molar-refractivity contribution in [3.8, 4) is 0 Å². The predicted molar refractivity (Wildman–Crippen MR) is 69.9 cm³/mol. The summed E-state index contributed by atoms with van der Waals surface area (Å²) in [5, 5.41) is 0.627. The van der Waals surface area contributed by atoms with Crippen LogP contribution in [-0.4, -0.2) is 10.5 Å². The van der Waals surface area contributed by atoms with Crippen LogP contribution in [0.3, 0.4) is 0 Å². The molecule has 5 nitrogen and oxygen atoms in total. The van der Waals surface area contributed by atoms with Gasteiger partial charge in [0.2, 0.25) is 0 Å². The third-order valence-electron chi connectivity index (χ3n) is 2.92. The van der Waals surface area contributed by atoms with Crippen LogP contribution in [0.2, 0.25) is 0 Å². The Morgan fingerprint density at radius 3 is 2.83 bits per heavy atom. The van der Waals surface area contributed by atoms with Gasteiger partial charge in [-0.3, -0.25) is 15.0 Å². The highest BCUT2D eigenvalue weighted by atomic mass is 16.2. The van der Waals surface area contributed by atoms with Crippen molar-refractivity contribution in [2.75, 3.05) is 0 Å². The molecule has 0 fully saturated rings. The Labute approximate surface area is 104 Å². The molecule has 0 bridgehead atoms. The number of aryl methyl sites for hydroxylation is 1. The van der Waals surface area contributed by atoms with Gasteiger partial charge in [-0.25, -0.2) is 5.84 Å². The predicted octanol–water partition coefficient (Wildman–Crippen LogP) is 0.554. The normalized spacial score (nSPS) is 10.6. The first-order valence-corrected chi connectivity index (χ1v) is 5.77. The Morgan fingerprint density at radius 1 is 1.39 bits per heavy atom. The summed E-state index contributed by atoms with van der Waals surface area (Å²) < 4.78 is 1.71. The number of benzene rings is 1. The standard InChI is InChI=1S/C13H15N3O2/c1-2-9-3-4-11-10(7-9)12(17)5-6-16(11)8-13(18)15-14/h3-7H,2,8,14H2,1H3,(H,15,18). The smallest absolute Gasteiger partial charge is 0.253 e. The van der Waals surface area contributed by atoms with E-state index in [9.17, 15) is 9.59 Å². The van der Waals surface area contributed by atoms with E-state index in [2.05, 4.69) is 5.43 Å². The van der Waals surface area contributed by atoms with Gasteiger partial charge in [0.05, 0.1) is 5.52 Å². The summed E-state index contributed by atoms with van der Waals surface area (Å²) in [5.41, 5.74) is 3.88. The van der Waals surface area contributed by atoms with Gasteiger partial charge in [-0.05, 0) is 24.1 Å². The first-order chi connectivity index (χ1) is 8.65. The summed E-state index contributed by atoms with van der Waals surface area (Å²) in [6.45, 7) is 2.13. The van der Waals surface area contributed by atoms with Crippen molar-refractivity contribution in [3.63, 3.8) is 0 Å². The minimum Gasteiger partial charge on any atom is -0.338 e. The molecule has 18 heavy (non-hydrogen) atoms. The van der Waals surface area contributed by atoms with Gasteiger partial charge < -0.3 is 4.57 Å². The zero-order chi connectivity index (χ0) is 13.1. The number of amides is 1. The molecule has 3 N–H and O–H groups in total. The van der Waals surface area contributed by atoms with Crippen LogP contribution >= 0.6 is 0 Å². The summed E-state index contributed by atoms with van der Waals surface area (Å²) in [6, 6.07) is 7.15. The molecule has 1 amide bonds. The number of hydrazine groups is 1. The average Bonchev–Trinajstić information content (AvgIpc) is 2.41. The molecule has 0 spiro atoms. The van der Waals surface area contributed by atoms with E-state index in [4.69, 9.17) is 5.84 Å².